The van der Waals surface area contributed by atoms with Crippen molar-refractivity contribution in [2.45, 2.75) is 38.5 Å². The normalized spacial score (nSPS) is 19.1. The summed E-state index contributed by atoms with van der Waals surface area (Å²) in [7, 11) is -4.10. The van der Waals surface area contributed by atoms with Gasteiger partial charge in [0, 0.05) is 25.3 Å². The third kappa shape index (κ3) is 4.37. The molecule has 0 spiro atoms. The van der Waals surface area contributed by atoms with E-state index in [1.165, 1.54) is 6.92 Å². The van der Waals surface area contributed by atoms with Crippen LogP contribution in [-0.2, 0) is 14.8 Å². The summed E-state index contributed by atoms with van der Waals surface area (Å²) in [5, 5.41) is 2.82. The molecule has 0 radical (unpaired) electrons. The highest BCUT2D eigenvalue weighted by Crippen LogP contribution is 2.23. The topological polar surface area (TPSA) is 132 Å². The molecule has 1 amide bonds. The summed E-state index contributed by atoms with van der Waals surface area (Å²) in [4.78, 5) is 39.2. The van der Waals surface area contributed by atoms with Gasteiger partial charge in [0.05, 0.1) is 5.92 Å². The number of rotatable bonds is 5. The number of carbonyl (C=O) groups excluding carboxylic acids is 1. The van der Waals surface area contributed by atoms with Crippen LogP contribution in [0.1, 0.15) is 32.4 Å². The van der Waals surface area contributed by atoms with Gasteiger partial charge in [-0.25, -0.2) is 13.2 Å². The Bertz CT molecular complexity index is 855. The lowest BCUT2D eigenvalue weighted by Gasteiger charge is -2.31. The average molecular weight is 372 g/mol. The minimum Gasteiger partial charge on any atom is -0.356 e. The monoisotopic (exact) mass is 372 g/mol. The molecular formula is C15H24N4O5S. The summed E-state index contributed by atoms with van der Waals surface area (Å²) < 4.78 is 26.8. The summed E-state index contributed by atoms with van der Waals surface area (Å²) >= 11 is 0. The predicted molar refractivity (Wildman–Crippen MR) is 91.8 cm³/mol. The van der Waals surface area contributed by atoms with Gasteiger partial charge in [0.15, 0.2) is 4.90 Å². The Morgan fingerprint density at radius 3 is 2.60 bits per heavy atom. The van der Waals surface area contributed by atoms with Crippen molar-refractivity contribution in [3.05, 3.63) is 26.5 Å². The molecule has 1 aromatic heterocycles. The number of aromatic nitrogens is 2. The SMILES string of the molecule is Cc1[nH]c(=O)[nH]c(=O)c1S(=O)(=O)N1CCC[C@H](C(=O)NCC(C)C)C1. The van der Waals surface area contributed by atoms with E-state index in [2.05, 4.69) is 10.3 Å². The molecule has 2 rings (SSSR count). The van der Waals surface area contributed by atoms with E-state index in [-0.39, 0.29) is 24.7 Å². The Kier molecular flexibility index (Phi) is 5.83. The smallest absolute Gasteiger partial charge is 0.325 e. The number of nitrogens with one attached hydrogen (secondary N) is 3. The molecule has 0 aliphatic carbocycles. The number of sulfonamides is 1. The van der Waals surface area contributed by atoms with Crippen LogP contribution in [0, 0.1) is 18.8 Å². The van der Waals surface area contributed by atoms with Crippen LogP contribution in [0.2, 0.25) is 0 Å². The van der Waals surface area contributed by atoms with Crippen LogP contribution in [0.25, 0.3) is 0 Å². The Hall–Kier alpha value is -1.94. The summed E-state index contributed by atoms with van der Waals surface area (Å²) in [6.07, 6.45) is 1.12. The van der Waals surface area contributed by atoms with E-state index >= 15 is 0 Å². The number of hydrogen-bond acceptors (Lipinski definition) is 5. The van der Waals surface area contributed by atoms with Crippen LogP contribution < -0.4 is 16.6 Å². The third-order valence-corrected chi connectivity index (χ3v) is 6.13. The van der Waals surface area contributed by atoms with Gasteiger partial charge in [0.1, 0.15) is 0 Å². The van der Waals surface area contributed by atoms with Crippen molar-refractivity contribution in [2.24, 2.45) is 11.8 Å². The Morgan fingerprint density at radius 1 is 1.32 bits per heavy atom. The molecule has 2 heterocycles. The lowest BCUT2D eigenvalue weighted by molar-refractivity contribution is -0.126. The van der Waals surface area contributed by atoms with E-state index in [0.29, 0.717) is 25.3 Å². The fraction of sp³-hybridized carbons (Fsp3) is 0.667. The van der Waals surface area contributed by atoms with E-state index in [1.807, 2.05) is 18.8 Å². The minimum atomic E-state index is -4.10. The van der Waals surface area contributed by atoms with Gasteiger partial charge < -0.3 is 10.3 Å². The molecule has 140 valence electrons. The van der Waals surface area contributed by atoms with Gasteiger partial charge in [-0.15, -0.1) is 0 Å². The average Bonchev–Trinajstić information content (AvgIpc) is 2.51. The van der Waals surface area contributed by atoms with Crippen LogP contribution in [0.15, 0.2) is 14.5 Å². The van der Waals surface area contributed by atoms with E-state index in [9.17, 15) is 22.8 Å². The molecule has 1 aromatic rings. The zero-order chi connectivity index (χ0) is 18.8. The second-order valence-electron chi connectivity index (χ2n) is 6.70. The number of aryl methyl sites for hydroxylation is 1. The van der Waals surface area contributed by atoms with Gasteiger partial charge in [0.2, 0.25) is 15.9 Å². The molecule has 10 heteroatoms. The highest BCUT2D eigenvalue weighted by molar-refractivity contribution is 7.89. The lowest BCUT2D eigenvalue weighted by Crippen LogP contribution is -2.47. The Balaban J connectivity index is 2.24. The maximum atomic E-state index is 12.8. The lowest BCUT2D eigenvalue weighted by atomic mass is 9.98. The van der Waals surface area contributed by atoms with Gasteiger partial charge in [-0.3, -0.25) is 14.6 Å². The van der Waals surface area contributed by atoms with Crippen LogP contribution in [0.5, 0.6) is 0 Å². The van der Waals surface area contributed by atoms with Crippen molar-refractivity contribution in [3.8, 4) is 0 Å². The van der Waals surface area contributed by atoms with Gasteiger partial charge >= 0.3 is 5.69 Å². The number of hydrogen-bond donors (Lipinski definition) is 3. The highest BCUT2D eigenvalue weighted by atomic mass is 32.2. The molecule has 25 heavy (non-hydrogen) atoms. The predicted octanol–water partition coefficient (Wildman–Crippen LogP) is -0.455. The third-order valence-electron chi connectivity index (χ3n) is 4.11. The number of aromatic amines is 2. The maximum absolute atomic E-state index is 12.8. The molecule has 0 bridgehead atoms. The summed E-state index contributed by atoms with van der Waals surface area (Å²) in [6.45, 7) is 6.09. The van der Waals surface area contributed by atoms with Crippen LogP contribution >= 0.6 is 0 Å². The number of carbonyl (C=O) groups is 1. The van der Waals surface area contributed by atoms with Crippen molar-refractivity contribution >= 4 is 15.9 Å². The zero-order valence-corrected chi connectivity index (χ0v) is 15.4. The molecule has 0 aromatic carbocycles. The Morgan fingerprint density at radius 2 is 2.00 bits per heavy atom. The maximum Gasteiger partial charge on any atom is 0.325 e. The second-order valence-corrected chi connectivity index (χ2v) is 8.58. The first-order valence-corrected chi connectivity index (χ1v) is 9.68. The molecule has 9 nitrogen and oxygen atoms in total. The van der Waals surface area contributed by atoms with Crippen molar-refractivity contribution < 1.29 is 13.2 Å². The molecule has 3 N–H and O–H groups in total. The standard InChI is InChI=1S/C15H24N4O5S/c1-9(2)7-16-13(20)11-5-4-6-19(8-11)25(23,24)12-10(3)17-15(22)18-14(12)21/h9,11H,4-8H2,1-3H3,(H,16,20)(H2,17,18,21,22)/t11-/m0/s1. The first-order chi connectivity index (χ1) is 11.6. The minimum absolute atomic E-state index is 0.0138. The molecule has 0 unspecified atom stereocenters. The van der Waals surface area contributed by atoms with E-state index in [1.54, 1.807) is 0 Å². The summed E-state index contributed by atoms with van der Waals surface area (Å²) in [5.74, 6) is -0.333. The van der Waals surface area contributed by atoms with Gasteiger partial charge in [0.25, 0.3) is 5.56 Å². The molecule has 0 saturated carbocycles. The van der Waals surface area contributed by atoms with Crippen molar-refractivity contribution in [1.29, 1.82) is 0 Å². The largest absolute Gasteiger partial charge is 0.356 e. The van der Waals surface area contributed by atoms with Gasteiger partial charge in [-0.2, -0.15) is 4.31 Å². The number of amides is 1. The number of H-pyrrole nitrogens is 2. The first kappa shape index (κ1) is 19.4. The number of nitrogens with zero attached hydrogens (tertiary/aromatic N) is 1. The quantitative estimate of drug-likeness (QED) is 0.644. The number of piperidine rings is 1. The van der Waals surface area contributed by atoms with E-state index in [0.717, 1.165) is 4.31 Å². The van der Waals surface area contributed by atoms with Crippen LogP contribution in [0.4, 0.5) is 0 Å². The van der Waals surface area contributed by atoms with E-state index in [4.69, 9.17) is 0 Å². The first-order valence-electron chi connectivity index (χ1n) is 8.24. The molecule has 1 atom stereocenters. The molecular weight excluding hydrogens is 348 g/mol. The fourth-order valence-electron chi connectivity index (χ4n) is 2.85. The fourth-order valence-corrected chi connectivity index (χ4v) is 4.58. The summed E-state index contributed by atoms with van der Waals surface area (Å²) in [6, 6.07) is 0. The van der Waals surface area contributed by atoms with Crippen molar-refractivity contribution in [3.63, 3.8) is 0 Å². The van der Waals surface area contributed by atoms with Gasteiger partial charge in [-0.1, -0.05) is 13.8 Å². The Labute approximate surface area is 145 Å². The van der Waals surface area contributed by atoms with Crippen LogP contribution in [-0.4, -0.2) is 48.2 Å². The molecule has 1 fully saturated rings. The second kappa shape index (κ2) is 7.52. The molecule has 1 saturated heterocycles. The zero-order valence-electron chi connectivity index (χ0n) is 14.6. The van der Waals surface area contributed by atoms with Crippen molar-refractivity contribution in [2.75, 3.05) is 19.6 Å². The van der Waals surface area contributed by atoms with Crippen molar-refractivity contribution in [1.82, 2.24) is 19.6 Å². The molecule has 1 aliphatic rings. The van der Waals surface area contributed by atoms with E-state index < -0.39 is 32.1 Å². The summed E-state index contributed by atoms with van der Waals surface area (Å²) in [5.41, 5.74) is -1.72. The van der Waals surface area contributed by atoms with Crippen LogP contribution in [0.3, 0.4) is 0 Å². The van der Waals surface area contributed by atoms with Gasteiger partial charge in [-0.05, 0) is 25.7 Å². The molecule has 1 aliphatic heterocycles. The highest BCUT2D eigenvalue weighted by Gasteiger charge is 2.35.